The van der Waals surface area contributed by atoms with Crippen LogP contribution in [0.1, 0.15) is 41.7 Å². The van der Waals surface area contributed by atoms with Crippen LogP contribution < -0.4 is 14.8 Å². The zero-order valence-electron chi connectivity index (χ0n) is 26.5. The van der Waals surface area contributed by atoms with E-state index in [0.717, 1.165) is 91.4 Å². The number of nitrogens with one attached hydrogen (secondary N) is 1. The number of amidine groups is 1. The van der Waals surface area contributed by atoms with Crippen LogP contribution in [0.5, 0.6) is 11.5 Å². The summed E-state index contributed by atoms with van der Waals surface area (Å²) in [6.07, 6.45) is 10.3. The van der Waals surface area contributed by atoms with E-state index in [1.54, 1.807) is 14.2 Å². The highest BCUT2D eigenvalue weighted by atomic mass is 16.5. The van der Waals surface area contributed by atoms with Gasteiger partial charge >= 0.3 is 0 Å². The summed E-state index contributed by atoms with van der Waals surface area (Å²) in [7, 11) is 7.30. The summed E-state index contributed by atoms with van der Waals surface area (Å²) in [5, 5.41) is 3.95. The van der Waals surface area contributed by atoms with Crippen LogP contribution in [0.25, 0.3) is 10.9 Å². The molecule has 1 amide bonds. The van der Waals surface area contributed by atoms with Gasteiger partial charge in [0.25, 0.3) is 5.91 Å². The predicted octanol–water partition coefficient (Wildman–Crippen LogP) is 5.31. The first-order chi connectivity index (χ1) is 21.9. The van der Waals surface area contributed by atoms with Gasteiger partial charge in [-0.3, -0.25) is 9.79 Å². The molecule has 0 aliphatic carbocycles. The molecule has 0 radical (unpaired) electrons. The number of nitrogens with zero attached hydrogens (tertiary/aromatic N) is 5. The lowest BCUT2D eigenvalue weighted by Crippen LogP contribution is -2.45. The number of aliphatic imine (C=N–C) groups is 2. The molecule has 10 nitrogen and oxygen atoms in total. The SMILES string of the molecule is COc1cc(C2=NC(C3CCN(C4CCOCC4)CC3)=C3C=NC=C[N+]23C)ccc1NC(=O)c1cc2c(OC)cccc2n1C. The number of quaternary nitrogens is 1. The number of benzene rings is 2. The van der Waals surface area contributed by atoms with E-state index in [4.69, 9.17) is 19.2 Å². The zero-order valence-corrected chi connectivity index (χ0v) is 26.5. The Balaban J connectivity index is 1.14. The van der Waals surface area contributed by atoms with Crippen LogP contribution in [0.3, 0.4) is 0 Å². The Morgan fingerprint density at radius 1 is 1.02 bits per heavy atom. The molecule has 45 heavy (non-hydrogen) atoms. The van der Waals surface area contributed by atoms with Crippen molar-refractivity contribution in [1.82, 2.24) is 9.47 Å². The summed E-state index contributed by atoms with van der Waals surface area (Å²) >= 11 is 0. The van der Waals surface area contributed by atoms with Crippen LogP contribution in [0.4, 0.5) is 5.69 Å². The zero-order chi connectivity index (χ0) is 31.1. The van der Waals surface area contributed by atoms with Gasteiger partial charge in [-0.15, -0.1) is 0 Å². The second kappa shape index (κ2) is 11.9. The normalized spacial score (nSPS) is 22.5. The molecule has 0 spiro atoms. The lowest BCUT2D eigenvalue weighted by molar-refractivity contribution is -0.713. The number of fused-ring (bicyclic) bond motifs is 2. The van der Waals surface area contributed by atoms with Crippen LogP contribution in [-0.4, -0.2) is 85.5 Å². The van der Waals surface area contributed by atoms with Gasteiger partial charge in [0.1, 0.15) is 29.1 Å². The van der Waals surface area contributed by atoms with Gasteiger partial charge in [0, 0.05) is 37.6 Å². The minimum absolute atomic E-state index is 0.229. The number of aryl methyl sites for hydroxylation is 1. The van der Waals surface area contributed by atoms with Gasteiger partial charge < -0.3 is 29.0 Å². The smallest absolute Gasteiger partial charge is 0.272 e. The van der Waals surface area contributed by atoms with Crippen molar-refractivity contribution in [1.29, 1.82) is 0 Å². The van der Waals surface area contributed by atoms with E-state index in [9.17, 15) is 4.79 Å². The van der Waals surface area contributed by atoms with Gasteiger partial charge in [-0.25, -0.2) is 4.48 Å². The third-order valence-corrected chi connectivity index (χ3v) is 9.91. The highest BCUT2D eigenvalue weighted by molar-refractivity contribution is 6.08. The summed E-state index contributed by atoms with van der Waals surface area (Å²) in [5.74, 6) is 2.37. The Morgan fingerprint density at radius 3 is 2.56 bits per heavy atom. The molecular weight excluding hydrogens is 568 g/mol. The fraction of sp³-hybridized carbons (Fsp3) is 0.400. The fourth-order valence-corrected chi connectivity index (χ4v) is 7.32. The van der Waals surface area contributed by atoms with Crippen molar-refractivity contribution >= 4 is 34.5 Å². The van der Waals surface area contributed by atoms with Crippen LogP contribution in [-0.2, 0) is 11.8 Å². The van der Waals surface area contributed by atoms with Crippen molar-refractivity contribution < 1.29 is 23.5 Å². The van der Waals surface area contributed by atoms with Crippen LogP contribution in [0.2, 0.25) is 0 Å². The first-order valence-corrected chi connectivity index (χ1v) is 15.8. The quantitative estimate of drug-likeness (QED) is 0.367. The number of hydrogen-bond acceptors (Lipinski definition) is 7. The number of hydrogen-bond donors (Lipinski definition) is 1. The van der Waals surface area contributed by atoms with Crippen LogP contribution in [0.15, 0.2) is 76.2 Å². The van der Waals surface area contributed by atoms with Gasteiger partial charge in [-0.1, -0.05) is 6.07 Å². The number of aromatic nitrogens is 1. The lowest BCUT2D eigenvalue weighted by Gasteiger charge is -2.39. The molecule has 7 rings (SSSR count). The molecule has 1 atom stereocenters. The van der Waals surface area contributed by atoms with Crippen molar-refractivity contribution in [2.75, 3.05) is 52.9 Å². The Hall–Kier alpha value is -4.25. The first kappa shape index (κ1) is 29.5. The van der Waals surface area contributed by atoms with Crippen LogP contribution in [0, 0.1) is 5.92 Å². The predicted molar refractivity (Wildman–Crippen MR) is 176 cm³/mol. The Kier molecular flexibility index (Phi) is 7.81. The van der Waals surface area contributed by atoms with E-state index >= 15 is 0 Å². The number of carbonyl (C=O) groups is 1. The summed E-state index contributed by atoms with van der Waals surface area (Å²) in [4.78, 5) is 26.0. The van der Waals surface area contributed by atoms with Crippen molar-refractivity contribution in [2.45, 2.75) is 31.7 Å². The van der Waals surface area contributed by atoms with E-state index in [2.05, 4.69) is 28.5 Å². The number of amides is 1. The number of ether oxygens (including phenoxy) is 3. The Morgan fingerprint density at radius 2 is 1.80 bits per heavy atom. The highest BCUT2D eigenvalue weighted by Crippen LogP contribution is 2.41. The maximum atomic E-state index is 13.5. The van der Waals surface area contributed by atoms with Gasteiger partial charge in [0.15, 0.2) is 5.70 Å². The van der Waals surface area contributed by atoms with Crippen molar-refractivity contribution in [3.8, 4) is 11.5 Å². The monoisotopic (exact) mass is 609 g/mol. The van der Waals surface area contributed by atoms with Crippen molar-refractivity contribution in [3.63, 3.8) is 0 Å². The molecule has 3 aromatic rings. The van der Waals surface area contributed by atoms with Crippen molar-refractivity contribution in [2.24, 2.45) is 23.0 Å². The van der Waals surface area contributed by atoms with Gasteiger partial charge in [-0.05, 0) is 75.2 Å². The van der Waals surface area contributed by atoms with Gasteiger partial charge in [0.2, 0.25) is 5.84 Å². The minimum Gasteiger partial charge on any atom is -0.496 e. The second-order valence-electron chi connectivity index (χ2n) is 12.4. The Bertz CT molecular complexity index is 1760. The van der Waals surface area contributed by atoms with E-state index < -0.39 is 0 Å². The first-order valence-electron chi connectivity index (χ1n) is 15.8. The molecule has 1 N–H and O–H groups in total. The largest absolute Gasteiger partial charge is 0.496 e. The van der Waals surface area contributed by atoms with Gasteiger partial charge in [0.05, 0.1) is 50.4 Å². The summed E-state index contributed by atoms with van der Waals surface area (Å²) in [6, 6.07) is 14.2. The third kappa shape index (κ3) is 5.16. The maximum Gasteiger partial charge on any atom is 0.272 e. The molecule has 0 bridgehead atoms. The molecule has 4 aliphatic heterocycles. The number of anilines is 1. The standard InChI is InChI=1S/C35H40N6O4/c1-39-28-6-5-7-31(43-3)26(28)21-29(39)35(42)37-27-9-8-24(20-32(27)44-4)34-38-33(30-22-36-14-17-41(30,34)2)23-10-15-40(16-11-23)25-12-18-45-19-13-25/h5-9,14,17,20-23,25H,10-13,15-16,18-19H2,1-4H3/p+1. The molecule has 1 aromatic heterocycles. The fourth-order valence-electron chi connectivity index (χ4n) is 7.32. The lowest BCUT2D eigenvalue weighted by atomic mass is 9.90. The van der Waals surface area contributed by atoms with E-state index in [-0.39, 0.29) is 5.91 Å². The summed E-state index contributed by atoms with van der Waals surface area (Å²) in [5.41, 5.74) is 5.24. The number of carbonyl (C=O) groups excluding carboxylic acids is 1. The minimum atomic E-state index is -0.229. The average molecular weight is 610 g/mol. The van der Waals surface area contributed by atoms with Gasteiger partial charge in [-0.2, -0.15) is 4.99 Å². The van der Waals surface area contributed by atoms with E-state index in [1.165, 1.54) is 0 Å². The molecule has 10 heteroatoms. The van der Waals surface area contributed by atoms with E-state index in [0.29, 0.717) is 33.6 Å². The summed E-state index contributed by atoms with van der Waals surface area (Å²) in [6.45, 7) is 3.91. The number of likely N-dealkylation sites (tertiary alicyclic amines) is 1. The average Bonchev–Trinajstić information content (AvgIpc) is 3.59. The molecule has 234 valence electrons. The molecule has 2 fully saturated rings. The number of allylic oxidation sites excluding steroid dienone is 2. The number of rotatable bonds is 7. The Labute approximate surface area is 263 Å². The second-order valence-corrected chi connectivity index (χ2v) is 12.4. The molecular formula is C35H41N6O4+. The molecule has 1 unspecified atom stereocenters. The maximum absolute atomic E-state index is 13.5. The molecule has 2 aromatic carbocycles. The summed E-state index contributed by atoms with van der Waals surface area (Å²) < 4.78 is 19.2. The topological polar surface area (TPSA) is 89.7 Å². The molecule has 5 heterocycles. The number of piperidine rings is 1. The third-order valence-electron chi connectivity index (χ3n) is 9.91. The highest BCUT2D eigenvalue weighted by Gasteiger charge is 2.45. The number of methoxy groups -OCH3 is 2. The molecule has 4 aliphatic rings. The van der Waals surface area contributed by atoms with Crippen molar-refractivity contribution in [3.05, 3.63) is 77.5 Å². The van der Waals surface area contributed by atoms with E-state index in [1.807, 2.05) is 66.5 Å². The molecule has 0 saturated carbocycles. The molecule has 2 saturated heterocycles. The van der Waals surface area contributed by atoms with Crippen LogP contribution >= 0.6 is 0 Å².